The lowest BCUT2D eigenvalue weighted by Crippen LogP contribution is -1.84. The van der Waals surface area contributed by atoms with Gasteiger partial charge < -0.3 is 0 Å². The van der Waals surface area contributed by atoms with Gasteiger partial charge in [0, 0.05) is 5.54 Å². The number of halogens is 1. The molecule has 0 nitrogen and oxygen atoms in total. The van der Waals surface area contributed by atoms with Gasteiger partial charge in [-0.1, -0.05) is 31.5 Å². The highest BCUT2D eigenvalue weighted by Crippen LogP contribution is 2.52. The second-order valence-corrected chi connectivity index (χ2v) is 3.37. The molecule has 0 saturated heterocycles. The van der Waals surface area contributed by atoms with Crippen molar-refractivity contribution in [3.8, 4) is 0 Å². The molecular weight excluding hydrogens is 120 g/mol. The van der Waals surface area contributed by atoms with Crippen LogP contribution in [0.3, 0.4) is 0 Å². The Morgan fingerprint density at radius 3 is 2.25 bits per heavy atom. The van der Waals surface area contributed by atoms with Crippen molar-refractivity contribution in [3.63, 3.8) is 0 Å². The van der Waals surface area contributed by atoms with E-state index in [0.29, 0.717) is 5.41 Å². The monoisotopic (exact) mass is 130 g/mol. The molecule has 0 aromatic heterocycles. The first-order valence-electron chi connectivity index (χ1n) is 2.94. The highest BCUT2D eigenvalue weighted by molar-refractivity contribution is 6.25. The van der Waals surface area contributed by atoms with E-state index in [-0.39, 0.29) is 0 Å². The van der Waals surface area contributed by atoms with Crippen LogP contribution >= 0.6 is 11.6 Å². The largest absolute Gasteiger partial charge is 0.0933 e. The maximum Gasteiger partial charge on any atom is 0.000546 e. The van der Waals surface area contributed by atoms with E-state index in [2.05, 4.69) is 19.9 Å². The van der Waals surface area contributed by atoms with Gasteiger partial charge in [-0.15, -0.1) is 0 Å². The van der Waals surface area contributed by atoms with Crippen LogP contribution in [0.4, 0.5) is 0 Å². The number of hydrogen-bond donors (Lipinski definition) is 0. The fourth-order valence-corrected chi connectivity index (χ4v) is 1.10. The number of allylic oxidation sites excluding steroid dienone is 1. The van der Waals surface area contributed by atoms with Gasteiger partial charge >= 0.3 is 0 Å². The van der Waals surface area contributed by atoms with Crippen molar-refractivity contribution in [1.82, 2.24) is 0 Å². The second-order valence-electron chi connectivity index (χ2n) is 3.12. The van der Waals surface area contributed by atoms with Crippen molar-refractivity contribution in [3.05, 3.63) is 11.6 Å². The maximum atomic E-state index is 5.38. The summed E-state index contributed by atoms with van der Waals surface area (Å²) in [6.07, 6.45) is 3.37. The zero-order valence-corrected chi connectivity index (χ0v) is 6.07. The third-order valence-electron chi connectivity index (χ3n) is 1.89. The van der Waals surface area contributed by atoms with Crippen molar-refractivity contribution in [2.24, 2.45) is 11.3 Å². The van der Waals surface area contributed by atoms with Gasteiger partial charge in [-0.2, -0.15) is 0 Å². The van der Waals surface area contributed by atoms with Crippen LogP contribution in [0.15, 0.2) is 11.6 Å². The average Bonchev–Trinajstić information content (AvgIpc) is 2.15. The van der Waals surface area contributed by atoms with Crippen LogP contribution in [0.25, 0.3) is 0 Å². The Hall–Kier alpha value is 0.0300. The normalized spacial score (nSPS) is 33.6. The van der Waals surface area contributed by atoms with Gasteiger partial charge in [0.2, 0.25) is 0 Å². The van der Waals surface area contributed by atoms with Gasteiger partial charge in [0.15, 0.2) is 0 Å². The smallest absolute Gasteiger partial charge is 0.000546 e. The van der Waals surface area contributed by atoms with Gasteiger partial charge in [0.05, 0.1) is 0 Å². The van der Waals surface area contributed by atoms with Crippen LogP contribution in [-0.2, 0) is 0 Å². The Balaban J connectivity index is 2.37. The summed E-state index contributed by atoms with van der Waals surface area (Å²) in [5.41, 5.74) is 2.17. The van der Waals surface area contributed by atoms with Crippen molar-refractivity contribution >= 4 is 11.6 Å². The number of rotatable bonds is 1. The molecule has 1 aliphatic rings. The molecule has 0 radical (unpaired) electrons. The molecular formula is C7H11Cl. The van der Waals surface area contributed by atoms with Gasteiger partial charge in [0.25, 0.3) is 0 Å². The van der Waals surface area contributed by atoms with Crippen LogP contribution in [0.2, 0.25) is 0 Å². The van der Waals surface area contributed by atoms with Gasteiger partial charge in [-0.3, -0.25) is 0 Å². The molecule has 1 rings (SSSR count). The maximum absolute atomic E-state index is 5.38. The summed E-state index contributed by atoms with van der Waals surface area (Å²) in [4.78, 5) is 0. The molecule has 46 valence electrons. The minimum absolute atomic E-state index is 0.547. The lowest BCUT2D eigenvalue weighted by atomic mass is 10.1. The summed E-state index contributed by atoms with van der Waals surface area (Å²) in [6, 6.07) is 0. The topological polar surface area (TPSA) is 0 Å². The molecule has 0 heterocycles. The van der Waals surface area contributed by atoms with E-state index in [0.717, 1.165) is 5.92 Å². The fraction of sp³-hybridized carbons (Fsp3) is 0.714. The molecule has 0 amide bonds. The van der Waals surface area contributed by atoms with E-state index in [1.807, 2.05) is 0 Å². The lowest BCUT2D eigenvalue weighted by Gasteiger charge is -1.93. The summed E-state index contributed by atoms with van der Waals surface area (Å²) >= 11 is 5.38. The van der Waals surface area contributed by atoms with Crippen molar-refractivity contribution in [1.29, 1.82) is 0 Å². The second kappa shape index (κ2) is 1.77. The number of hydrogen-bond acceptors (Lipinski definition) is 0. The summed E-state index contributed by atoms with van der Waals surface area (Å²) < 4.78 is 0. The summed E-state index contributed by atoms with van der Waals surface area (Å²) in [7, 11) is 0. The van der Waals surface area contributed by atoms with Crippen LogP contribution in [0, 0.1) is 11.3 Å². The van der Waals surface area contributed by atoms with E-state index in [9.17, 15) is 0 Å². The molecule has 0 bridgehead atoms. The van der Waals surface area contributed by atoms with E-state index < -0.39 is 0 Å². The Morgan fingerprint density at radius 1 is 1.62 bits per heavy atom. The first kappa shape index (κ1) is 6.15. The van der Waals surface area contributed by atoms with Gasteiger partial charge in [0.1, 0.15) is 0 Å². The van der Waals surface area contributed by atoms with Crippen LogP contribution < -0.4 is 0 Å². The zero-order chi connectivity index (χ0) is 6.20. The van der Waals surface area contributed by atoms with E-state index in [1.54, 1.807) is 5.54 Å². The minimum atomic E-state index is 0.547. The molecule has 1 fully saturated rings. The zero-order valence-electron chi connectivity index (χ0n) is 5.32. The predicted octanol–water partition coefficient (Wildman–Crippen LogP) is 2.79. The van der Waals surface area contributed by atoms with Crippen LogP contribution in [0.5, 0.6) is 0 Å². The van der Waals surface area contributed by atoms with Crippen molar-refractivity contribution in [2.75, 3.05) is 0 Å². The lowest BCUT2D eigenvalue weighted by molar-refractivity contribution is 0.610. The highest BCUT2D eigenvalue weighted by atomic mass is 35.5. The predicted molar refractivity (Wildman–Crippen MR) is 36.9 cm³/mol. The van der Waals surface area contributed by atoms with Crippen molar-refractivity contribution < 1.29 is 0 Å². The Kier molecular flexibility index (Phi) is 1.36. The SMILES string of the molecule is CC1(C)CC1C=CCl. The molecule has 0 aromatic carbocycles. The first-order chi connectivity index (χ1) is 3.67. The molecule has 0 aromatic rings. The van der Waals surface area contributed by atoms with E-state index in [1.165, 1.54) is 6.42 Å². The average molecular weight is 131 g/mol. The van der Waals surface area contributed by atoms with Gasteiger partial charge in [-0.25, -0.2) is 0 Å². The van der Waals surface area contributed by atoms with Gasteiger partial charge in [-0.05, 0) is 17.8 Å². The highest BCUT2D eigenvalue weighted by Gasteiger charge is 2.43. The molecule has 0 aliphatic heterocycles. The van der Waals surface area contributed by atoms with E-state index in [4.69, 9.17) is 11.6 Å². The third-order valence-corrected chi connectivity index (χ3v) is 2.04. The Morgan fingerprint density at radius 2 is 2.12 bits per heavy atom. The summed E-state index contributed by atoms with van der Waals surface area (Å²) in [6.45, 7) is 4.52. The minimum Gasteiger partial charge on any atom is -0.0933 e. The van der Waals surface area contributed by atoms with E-state index >= 15 is 0 Å². The molecule has 1 saturated carbocycles. The molecule has 0 N–H and O–H groups in total. The summed E-state index contributed by atoms with van der Waals surface area (Å²) in [5.74, 6) is 0.750. The van der Waals surface area contributed by atoms with Crippen molar-refractivity contribution in [2.45, 2.75) is 20.3 Å². The standard InChI is InChI=1S/C7H11Cl/c1-7(2)5-6(7)3-4-8/h3-4,6H,5H2,1-2H3. The molecule has 1 aliphatic carbocycles. The molecule has 0 spiro atoms. The first-order valence-corrected chi connectivity index (χ1v) is 3.37. The Bertz CT molecular complexity index is 114. The molecule has 8 heavy (non-hydrogen) atoms. The van der Waals surface area contributed by atoms with Crippen LogP contribution in [-0.4, -0.2) is 0 Å². The quantitative estimate of drug-likeness (QED) is 0.512. The molecule has 1 heteroatoms. The molecule has 1 atom stereocenters. The molecule has 1 unspecified atom stereocenters. The summed E-state index contributed by atoms with van der Waals surface area (Å²) in [5, 5.41) is 0. The van der Waals surface area contributed by atoms with Crippen LogP contribution in [0.1, 0.15) is 20.3 Å². The third kappa shape index (κ3) is 1.05. The fourth-order valence-electron chi connectivity index (χ4n) is 0.924. The Labute approximate surface area is 55.5 Å².